The molecule has 6 heteroatoms. The third-order valence-electron chi connectivity index (χ3n) is 3.08. The molecule has 0 radical (unpaired) electrons. The van der Waals surface area contributed by atoms with E-state index in [9.17, 15) is 4.79 Å². The van der Waals surface area contributed by atoms with Crippen molar-refractivity contribution in [2.24, 2.45) is 5.73 Å². The molecule has 1 aliphatic heterocycles. The number of carbonyl (C=O) groups is 1. The normalized spacial score (nSPS) is 19.3. The van der Waals surface area contributed by atoms with Crippen molar-refractivity contribution in [1.82, 2.24) is 4.90 Å². The quantitative estimate of drug-likeness (QED) is 0.907. The summed E-state index contributed by atoms with van der Waals surface area (Å²) in [4.78, 5) is 14.2. The second kappa shape index (κ2) is 6.36. The number of methoxy groups -OCH3 is 1. The van der Waals surface area contributed by atoms with E-state index in [1.165, 1.54) is 0 Å². The maximum Gasteiger partial charge on any atom is 0.257 e. The monoisotopic (exact) mass is 328 g/mol. The SMILES string of the molecule is COc1cc(Br)ccc1C(=O)N1CCOC(CN)C1. The van der Waals surface area contributed by atoms with Crippen LogP contribution in [0.25, 0.3) is 0 Å². The Bertz CT molecular complexity index is 467. The summed E-state index contributed by atoms with van der Waals surface area (Å²) in [6, 6.07) is 5.38. The highest BCUT2D eigenvalue weighted by Gasteiger charge is 2.26. The van der Waals surface area contributed by atoms with Gasteiger partial charge in [0.25, 0.3) is 5.91 Å². The zero-order valence-corrected chi connectivity index (χ0v) is 12.4. The smallest absolute Gasteiger partial charge is 0.257 e. The molecule has 0 bridgehead atoms. The molecule has 2 N–H and O–H groups in total. The van der Waals surface area contributed by atoms with E-state index in [0.717, 1.165) is 4.47 Å². The van der Waals surface area contributed by atoms with E-state index >= 15 is 0 Å². The zero-order chi connectivity index (χ0) is 13.8. The fourth-order valence-electron chi connectivity index (χ4n) is 2.06. The Balaban J connectivity index is 2.19. The van der Waals surface area contributed by atoms with Gasteiger partial charge < -0.3 is 20.1 Å². The van der Waals surface area contributed by atoms with E-state index in [1.807, 2.05) is 6.07 Å². The molecule has 1 saturated heterocycles. The molecular formula is C13H17BrN2O3. The number of morpholine rings is 1. The van der Waals surface area contributed by atoms with Crippen LogP contribution in [0.3, 0.4) is 0 Å². The second-order valence-electron chi connectivity index (χ2n) is 4.32. The first-order chi connectivity index (χ1) is 9.15. The van der Waals surface area contributed by atoms with Crippen molar-refractivity contribution in [3.63, 3.8) is 0 Å². The van der Waals surface area contributed by atoms with Crippen LogP contribution in [0.5, 0.6) is 5.75 Å². The zero-order valence-electron chi connectivity index (χ0n) is 10.8. The number of hydrogen-bond acceptors (Lipinski definition) is 4. The molecule has 1 fully saturated rings. The molecule has 1 atom stereocenters. The van der Waals surface area contributed by atoms with Gasteiger partial charge in [-0.2, -0.15) is 0 Å². The highest BCUT2D eigenvalue weighted by Crippen LogP contribution is 2.25. The lowest BCUT2D eigenvalue weighted by Crippen LogP contribution is -2.48. The van der Waals surface area contributed by atoms with E-state index in [2.05, 4.69) is 15.9 Å². The first-order valence-electron chi connectivity index (χ1n) is 6.10. The fourth-order valence-corrected chi connectivity index (χ4v) is 2.40. The van der Waals surface area contributed by atoms with Crippen LogP contribution in [0.2, 0.25) is 0 Å². The topological polar surface area (TPSA) is 64.8 Å². The van der Waals surface area contributed by atoms with Crippen molar-refractivity contribution < 1.29 is 14.3 Å². The van der Waals surface area contributed by atoms with Crippen molar-refractivity contribution >= 4 is 21.8 Å². The predicted molar refractivity (Wildman–Crippen MR) is 75.4 cm³/mol. The maximum absolute atomic E-state index is 12.5. The van der Waals surface area contributed by atoms with Crippen molar-refractivity contribution in [3.8, 4) is 5.75 Å². The van der Waals surface area contributed by atoms with Crippen molar-refractivity contribution in [1.29, 1.82) is 0 Å². The van der Waals surface area contributed by atoms with Gasteiger partial charge in [-0.1, -0.05) is 15.9 Å². The van der Waals surface area contributed by atoms with Crippen LogP contribution < -0.4 is 10.5 Å². The van der Waals surface area contributed by atoms with E-state index in [0.29, 0.717) is 37.6 Å². The Hall–Kier alpha value is -1.11. The number of nitrogens with zero attached hydrogens (tertiary/aromatic N) is 1. The molecule has 0 saturated carbocycles. The summed E-state index contributed by atoms with van der Waals surface area (Å²) < 4.78 is 11.6. The van der Waals surface area contributed by atoms with Crippen LogP contribution in [0.15, 0.2) is 22.7 Å². The number of ether oxygens (including phenoxy) is 2. The summed E-state index contributed by atoms with van der Waals surface area (Å²) in [6.45, 7) is 2.04. The average Bonchev–Trinajstić information content (AvgIpc) is 2.46. The Morgan fingerprint density at radius 1 is 1.63 bits per heavy atom. The number of hydrogen-bond donors (Lipinski definition) is 1. The van der Waals surface area contributed by atoms with Gasteiger partial charge in [0, 0.05) is 24.1 Å². The third-order valence-corrected chi connectivity index (χ3v) is 3.58. The van der Waals surface area contributed by atoms with Crippen LogP contribution in [-0.2, 0) is 4.74 Å². The molecule has 2 rings (SSSR count). The lowest BCUT2D eigenvalue weighted by Gasteiger charge is -2.32. The van der Waals surface area contributed by atoms with Gasteiger partial charge in [-0.3, -0.25) is 4.79 Å². The minimum atomic E-state index is -0.0841. The minimum absolute atomic E-state index is 0.0499. The molecule has 19 heavy (non-hydrogen) atoms. The van der Waals surface area contributed by atoms with Gasteiger partial charge in [0.15, 0.2) is 0 Å². The largest absolute Gasteiger partial charge is 0.496 e. The summed E-state index contributed by atoms with van der Waals surface area (Å²) in [5.74, 6) is 0.515. The molecule has 1 aliphatic rings. The molecule has 1 heterocycles. The summed E-state index contributed by atoms with van der Waals surface area (Å²) in [7, 11) is 1.56. The predicted octanol–water partition coefficient (Wildman–Crippen LogP) is 1.26. The highest BCUT2D eigenvalue weighted by atomic mass is 79.9. The van der Waals surface area contributed by atoms with E-state index < -0.39 is 0 Å². The number of nitrogens with two attached hydrogens (primary N) is 1. The summed E-state index contributed by atoms with van der Waals surface area (Å²) in [6.07, 6.45) is -0.0841. The molecule has 5 nitrogen and oxygen atoms in total. The van der Waals surface area contributed by atoms with E-state index in [-0.39, 0.29) is 12.0 Å². The molecule has 1 unspecified atom stereocenters. The molecule has 1 aromatic rings. The first-order valence-corrected chi connectivity index (χ1v) is 6.89. The van der Waals surface area contributed by atoms with Gasteiger partial charge in [0.2, 0.25) is 0 Å². The molecular weight excluding hydrogens is 312 g/mol. The average molecular weight is 329 g/mol. The Labute approximate surface area is 120 Å². The Kier molecular flexibility index (Phi) is 4.79. The summed E-state index contributed by atoms with van der Waals surface area (Å²) in [5, 5.41) is 0. The molecule has 0 aromatic heterocycles. The summed E-state index contributed by atoms with van der Waals surface area (Å²) >= 11 is 3.36. The highest BCUT2D eigenvalue weighted by molar-refractivity contribution is 9.10. The number of carbonyl (C=O) groups excluding carboxylic acids is 1. The van der Waals surface area contributed by atoms with Crippen LogP contribution in [0.4, 0.5) is 0 Å². The first kappa shape index (κ1) is 14.3. The van der Waals surface area contributed by atoms with Crippen LogP contribution in [0, 0.1) is 0 Å². The van der Waals surface area contributed by atoms with Crippen LogP contribution in [-0.4, -0.2) is 50.3 Å². The lowest BCUT2D eigenvalue weighted by atomic mass is 10.1. The van der Waals surface area contributed by atoms with Gasteiger partial charge in [0.05, 0.1) is 25.4 Å². The summed E-state index contributed by atoms with van der Waals surface area (Å²) in [5.41, 5.74) is 6.15. The van der Waals surface area contributed by atoms with Crippen LogP contribution in [0.1, 0.15) is 10.4 Å². The van der Waals surface area contributed by atoms with Gasteiger partial charge >= 0.3 is 0 Å². The number of benzene rings is 1. The van der Waals surface area contributed by atoms with Gasteiger partial charge in [0.1, 0.15) is 5.75 Å². The van der Waals surface area contributed by atoms with Gasteiger partial charge in [-0.15, -0.1) is 0 Å². The Morgan fingerprint density at radius 2 is 2.42 bits per heavy atom. The number of amides is 1. The molecule has 1 aromatic carbocycles. The standard InChI is InChI=1S/C13H17BrN2O3/c1-18-12-6-9(14)2-3-11(12)13(17)16-4-5-19-10(7-15)8-16/h2-3,6,10H,4-5,7-8,15H2,1H3. The van der Waals surface area contributed by atoms with Gasteiger partial charge in [-0.05, 0) is 18.2 Å². The van der Waals surface area contributed by atoms with Crippen LogP contribution >= 0.6 is 15.9 Å². The number of halogens is 1. The van der Waals surface area contributed by atoms with Crippen molar-refractivity contribution in [2.45, 2.75) is 6.10 Å². The maximum atomic E-state index is 12.5. The minimum Gasteiger partial charge on any atom is -0.496 e. The van der Waals surface area contributed by atoms with Crippen molar-refractivity contribution in [2.75, 3.05) is 33.4 Å². The molecule has 104 valence electrons. The molecule has 1 amide bonds. The van der Waals surface area contributed by atoms with Crippen molar-refractivity contribution in [3.05, 3.63) is 28.2 Å². The fraction of sp³-hybridized carbons (Fsp3) is 0.462. The lowest BCUT2D eigenvalue weighted by molar-refractivity contribution is -0.0168. The molecule has 0 spiro atoms. The Morgan fingerprint density at radius 3 is 3.11 bits per heavy atom. The van der Waals surface area contributed by atoms with E-state index in [4.69, 9.17) is 15.2 Å². The second-order valence-corrected chi connectivity index (χ2v) is 5.24. The third kappa shape index (κ3) is 3.26. The van der Waals surface area contributed by atoms with E-state index in [1.54, 1.807) is 24.1 Å². The number of rotatable bonds is 3. The molecule has 0 aliphatic carbocycles. The van der Waals surface area contributed by atoms with Gasteiger partial charge in [-0.25, -0.2) is 0 Å².